The summed E-state index contributed by atoms with van der Waals surface area (Å²) >= 11 is 0. The van der Waals surface area contributed by atoms with Gasteiger partial charge in [-0.05, 0) is 57.2 Å². The molecule has 0 radical (unpaired) electrons. The molecule has 0 aromatic heterocycles. The Labute approximate surface area is 129 Å². The zero-order valence-corrected chi connectivity index (χ0v) is 14.3. The van der Waals surface area contributed by atoms with Gasteiger partial charge in [0.2, 0.25) is 0 Å². The summed E-state index contributed by atoms with van der Waals surface area (Å²) in [4.78, 5) is 0. The minimum atomic E-state index is -3.04. The zero-order chi connectivity index (χ0) is 15.7. The maximum atomic E-state index is 12.3. The van der Waals surface area contributed by atoms with Crippen LogP contribution >= 0.6 is 0 Å². The summed E-state index contributed by atoms with van der Waals surface area (Å²) in [7, 11) is -3.04. The van der Waals surface area contributed by atoms with Gasteiger partial charge >= 0.3 is 0 Å². The zero-order valence-electron chi connectivity index (χ0n) is 13.5. The van der Waals surface area contributed by atoms with Gasteiger partial charge in [0.15, 0.2) is 9.84 Å². The molecule has 0 amide bonds. The number of nitrogens with one attached hydrogen (secondary N) is 1. The fourth-order valence-electron chi connectivity index (χ4n) is 3.06. The molecule has 3 nitrogen and oxygen atoms in total. The molecule has 2 unspecified atom stereocenters. The Bertz CT molecular complexity index is 587. The second-order valence-electron chi connectivity index (χ2n) is 6.92. The van der Waals surface area contributed by atoms with Gasteiger partial charge in [-0.1, -0.05) is 31.2 Å². The highest BCUT2D eigenvalue weighted by atomic mass is 32.2. The fraction of sp³-hybridized carbons (Fsp3) is 0.647. The van der Waals surface area contributed by atoms with Crippen LogP contribution in [0, 0.1) is 5.92 Å². The maximum absolute atomic E-state index is 12.3. The van der Waals surface area contributed by atoms with Crippen molar-refractivity contribution in [2.75, 3.05) is 12.3 Å². The standard InChI is InChI=1S/C17H27NO2S/c1-5-18-16-14(10-11-21(19,20)17(2,3)4)12-13-8-6-7-9-15(13)16/h6-9,14,16,18H,5,10-12H2,1-4H3. The van der Waals surface area contributed by atoms with Crippen LogP contribution in [-0.2, 0) is 16.3 Å². The van der Waals surface area contributed by atoms with Crippen LogP contribution in [0.2, 0.25) is 0 Å². The van der Waals surface area contributed by atoms with Crippen LogP contribution in [0.1, 0.15) is 51.3 Å². The molecule has 1 aliphatic rings. The molecule has 118 valence electrons. The first-order valence-electron chi connectivity index (χ1n) is 7.79. The van der Waals surface area contributed by atoms with Crippen LogP contribution in [0.4, 0.5) is 0 Å². The Hall–Kier alpha value is -0.870. The average molecular weight is 309 g/mol. The van der Waals surface area contributed by atoms with Crippen molar-refractivity contribution in [1.29, 1.82) is 0 Å². The second-order valence-corrected chi connectivity index (χ2v) is 9.78. The molecular formula is C17H27NO2S. The monoisotopic (exact) mass is 309 g/mol. The summed E-state index contributed by atoms with van der Waals surface area (Å²) < 4.78 is 24.0. The summed E-state index contributed by atoms with van der Waals surface area (Å²) in [5.41, 5.74) is 2.71. The van der Waals surface area contributed by atoms with E-state index in [0.717, 1.165) is 19.4 Å². The highest BCUT2D eigenvalue weighted by Gasteiger charge is 2.35. The lowest BCUT2D eigenvalue weighted by Crippen LogP contribution is -2.33. The van der Waals surface area contributed by atoms with Gasteiger partial charge in [0, 0.05) is 6.04 Å². The molecule has 0 bridgehead atoms. The first-order valence-corrected chi connectivity index (χ1v) is 9.45. The van der Waals surface area contributed by atoms with Crippen LogP contribution in [0.5, 0.6) is 0 Å². The average Bonchev–Trinajstić information content (AvgIpc) is 2.74. The smallest absolute Gasteiger partial charge is 0.155 e. The third-order valence-corrected chi connectivity index (χ3v) is 7.10. The lowest BCUT2D eigenvalue weighted by Gasteiger charge is -2.24. The Morgan fingerprint density at radius 2 is 1.90 bits per heavy atom. The number of hydrogen-bond donors (Lipinski definition) is 1. The van der Waals surface area contributed by atoms with Crippen molar-refractivity contribution in [2.45, 2.75) is 51.3 Å². The third-order valence-electron chi connectivity index (χ3n) is 4.46. The minimum absolute atomic E-state index is 0.275. The predicted molar refractivity (Wildman–Crippen MR) is 88.2 cm³/mol. The molecular weight excluding hydrogens is 282 g/mol. The molecule has 0 aliphatic heterocycles. The van der Waals surface area contributed by atoms with Gasteiger partial charge in [0.25, 0.3) is 0 Å². The van der Waals surface area contributed by atoms with Crippen LogP contribution in [-0.4, -0.2) is 25.5 Å². The SMILES string of the molecule is CCNC1c2ccccc2CC1CCS(=O)(=O)C(C)(C)C. The number of hydrogen-bond acceptors (Lipinski definition) is 3. The number of benzene rings is 1. The Morgan fingerprint density at radius 3 is 2.52 bits per heavy atom. The van der Waals surface area contributed by atoms with Crippen LogP contribution in [0.15, 0.2) is 24.3 Å². The first kappa shape index (κ1) is 16.5. The largest absolute Gasteiger partial charge is 0.310 e. The summed E-state index contributed by atoms with van der Waals surface area (Å²) in [5.74, 6) is 0.649. The van der Waals surface area contributed by atoms with Crippen molar-refractivity contribution in [3.8, 4) is 0 Å². The Kier molecular flexibility index (Phi) is 4.79. The van der Waals surface area contributed by atoms with Crippen molar-refractivity contribution >= 4 is 9.84 Å². The van der Waals surface area contributed by atoms with E-state index in [1.54, 1.807) is 20.8 Å². The van der Waals surface area contributed by atoms with Crippen molar-refractivity contribution in [3.63, 3.8) is 0 Å². The number of sulfone groups is 1. The van der Waals surface area contributed by atoms with E-state index in [1.165, 1.54) is 11.1 Å². The molecule has 0 spiro atoms. The summed E-state index contributed by atoms with van der Waals surface area (Å²) in [6.07, 6.45) is 1.71. The molecule has 0 heterocycles. The minimum Gasteiger partial charge on any atom is -0.310 e. The van der Waals surface area contributed by atoms with Crippen molar-refractivity contribution in [3.05, 3.63) is 35.4 Å². The predicted octanol–water partition coefficient (Wildman–Crippen LogP) is 3.11. The van der Waals surface area contributed by atoms with E-state index in [9.17, 15) is 8.42 Å². The van der Waals surface area contributed by atoms with E-state index in [0.29, 0.717) is 12.0 Å². The molecule has 1 N–H and O–H groups in total. The summed E-state index contributed by atoms with van der Waals surface area (Å²) in [5, 5.41) is 3.53. The highest BCUT2D eigenvalue weighted by molar-refractivity contribution is 7.92. The van der Waals surface area contributed by atoms with E-state index in [4.69, 9.17) is 0 Å². The van der Waals surface area contributed by atoms with Gasteiger partial charge in [-0.3, -0.25) is 0 Å². The van der Waals surface area contributed by atoms with E-state index in [2.05, 4.69) is 36.5 Å². The normalized spacial score (nSPS) is 22.3. The van der Waals surface area contributed by atoms with E-state index in [-0.39, 0.29) is 5.75 Å². The Balaban J connectivity index is 2.11. The second kappa shape index (κ2) is 6.09. The molecule has 2 rings (SSSR count). The van der Waals surface area contributed by atoms with Gasteiger partial charge in [0.1, 0.15) is 0 Å². The maximum Gasteiger partial charge on any atom is 0.155 e. The molecule has 2 atom stereocenters. The van der Waals surface area contributed by atoms with Gasteiger partial charge in [-0.25, -0.2) is 8.42 Å². The molecule has 1 aromatic carbocycles. The number of fused-ring (bicyclic) bond motifs is 1. The summed E-state index contributed by atoms with van der Waals surface area (Å²) in [6, 6.07) is 8.76. The Morgan fingerprint density at radius 1 is 1.24 bits per heavy atom. The summed E-state index contributed by atoms with van der Waals surface area (Å²) in [6.45, 7) is 8.36. The van der Waals surface area contributed by atoms with Gasteiger partial charge in [-0.15, -0.1) is 0 Å². The van der Waals surface area contributed by atoms with Gasteiger partial charge in [-0.2, -0.15) is 0 Å². The fourth-order valence-corrected chi connectivity index (χ4v) is 4.28. The third kappa shape index (κ3) is 3.49. The van der Waals surface area contributed by atoms with Crippen LogP contribution in [0.3, 0.4) is 0 Å². The molecule has 21 heavy (non-hydrogen) atoms. The first-order chi connectivity index (χ1) is 9.76. The highest BCUT2D eigenvalue weighted by Crippen LogP contribution is 2.38. The van der Waals surface area contributed by atoms with E-state index >= 15 is 0 Å². The van der Waals surface area contributed by atoms with Crippen molar-refractivity contribution in [1.82, 2.24) is 5.32 Å². The van der Waals surface area contributed by atoms with Crippen LogP contribution < -0.4 is 5.32 Å². The molecule has 0 saturated heterocycles. The molecule has 0 fully saturated rings. The van der Waals surface area contributed by atoms with E-state index in [1.807, 2.05) is 0 Å². The quantitative estimate of drug-likeness (QED) is 0.909. The van der Waals surface area contributed by atoms with E-state index < -0.39 is 14.6 Å². The lowest BCUT2D eigenvalue weighted by atomic mass is 9.98. The molecule has 1 aromatic rings. The van der Waals surface area contributed by atoms with Gasteiger partial charge in [0.05, 0.1) is 10.5 Å². The molecule has 0 saturated carbocycles. The van der Waals surface area contributed by atoms with Crippen molar-refractivity contribution in [2.24, 2.45) is 5.92 Å². The molecule has 4 heteroatoms. The van der Waals surface area contributed by atoms with Crippen LogP contribution in [0.25, 0.3) is 0 Å². The van der Waals surface area contributed by atoms with Crippen molar-refractivity contribution < 1.29 is 8.42 Å². The topological polar surface area (TPSA) is 46.2 Å². The van der Waals surface area contributed by atoms with Gasteiger partial charge < -0.3 is 5.32 Å². The lowest BCUT2D eigenvalue weighted by molar-refractivity contribution is 0.384. The number of rotatable bonds is 5. The molecule has 1 aliphatic carbocycles.